The highest BCUT2D eigenvalue weighted by Gasteiger charge is 2.23. The van der Waals surface area contributed by atoms with Gasteiger partial charge in [0, 0.05) is 18.4 Å². The van der Waals surface area contributed by atoms with Gasteiger partial charge in [-0.3, -0.25) is 4.79 Å². The van der Waals surface area contributed by atoms with Crippen molar-refractivity contribution >= 4 is 5.91 Å². The van der Waals surface area contributed by atoms with Gasteiger partial charge in [-0.05, 0) is 30.9 Å². The number of rotatable bonds is 5. The van der Waals surface area contributed by atoms with Crippen molar-refractivity contribution in [3.8, 4) is 11.3 Å². The van der Waals surface area contributed by atoms with Crippen LogP contribution in [0.4, 0.5) is 0 Å². The second kappa shape index (κ2) is 7.16. The Hall–Kier alpha value is -2.88. The van der Waals surface area contributed by atoms with Crippen LogP contribution in [0.25, 0.3) is 11.3 Å². The summed E-state index contributed by atoms with van der Waals surface area (Å²) in [5.74, 6) is 1.38. The Bertz CT molecular complexity index is 912. The van der Waals surface area contributed by atoms with Crippen LogP contribution in [0.5, 0.6) is 0 Å². The zero-order valence-corrected chi connectivity index (χ0v) is 14.9. The standard InChI is InChI=1S/C22H22N2O2/c1-15-6-8-17(9-7-15)20-14-23-22(26-20)13-12-21(25)24-19-11-10-16-4-2-3-5-18(16)19/h2-9,14,19H,10-13H2,1H3,(H,24,25). The lowest BCUT2D eigenvalue weighted by molar-refractivity contribution is -0.121. The fourth-order valence-corrected chi connectivity index (χ4v) is 3.47. The zero-order valence-electron chi connectivity index (χ0n) is 14.9. The van der Waals surface area contributed by atoms with Crippen molar-refractivity contribution in [3.63, 3.8) is 0 Å². The Kier molecular flexibility index (Phi) is 4.57. The van der Waals surface area contributed by atoms with E-state index in [-0.39, 0.29) is 11.9 Å². The molecule has 3 aromatic rings. The molecule has 1 amide bonds. The van der Waals surface area contributed by atoms with E-state index in [0.29, 0.717) is 18.7 Å². The van der Waals surface area contributed by atoms with E-state index in [1.165, 1.54) is 16.7 Å². The fourth-order valence-electron chi connectivity index (χ4n) is 3.47. The molecular formula is C22H22N2O2. The molecule has 132 valence electrons. The number of aryl methyl sites for hydroxylation is 3. The summed E-state index contributed by atoms with van der Waals surface area (Å²) in [6.45, 7) is 2.05. The number of aromatic nitrogens is 1. The number of hydrogen-bond donors (Lipinski definition) is 1. The lowest BCUT2D eigenvalue weighted by Gasteiger charge is -2.13. The molecule has 4 rings (SSSR count). The Morgan fingerprint density at radius 1 is 1.19 bits per heavy atom. The minimum atomic E-state index is 0.0433. The molecule has 0 aliphatic heterocycles. The van der Waals surface area contributed by atoms with Gasteiger partial charge in [0.25, 0.3) is 0 Å². The number of carbonyl (C=O) groups is 1. The van der Waals surface area contributed by atoms with Crippen molar-refractivity contribution in [1.82, 2.24) is 10.3 Å². The molecule has 1 atom stereocenters. The van der Waals surface area contributed by atoms with E-state index in [2.05, 4.69) is 35.4 Å². The smallest absolute Gasteiger partial charge is 0.220 e. The van der Waals surface area contributed by atoms with Gasteiger partial charge in [0.05, 0.1) is 12.2 Å². The number of carbonyl (C=O) groups excluding carboxylic acids is 1. The predicted octanol–water partition coefficient (Wildman–Crippen LogP) is 4.39. The average Bonchev–Trinajstić information content (AvgIpc) is 3.28. The van der Waals surface area contributed by atoms with E-state index >= 15 is 0 Å². The number of benzene rings is 2. The average molecular weight is 346 g/mol. The van der Waals surface area contributed by atoms with Gasteiger partial charge in [0.1, 0.15) is 0 Å². The summed E-state index contributed by atoms with van der Waals surface area (Å²) in [4.78, 5) is 16.6. The Labute approximate surface area is 153 Å². The molecule has 1 N–H and O–H groups in total. The van der Waals surface area contributed by atoms with E-state index in [9.17, 15) is 4.79 Å². The molecule has 0 radical (unpaired) electrons. The third kappa shape index (κ3) is 3.54. The minimum Gasteiger partial charge on any atom is -0.441 e. The van der Waals surface area contributed by atoms with Gasteiger partial charge in [-0.25, -0.2) is 4.98 Å². The highest BCUT2D eigenvalue weighted by Crippen LogP contribution is 2.30. The number of amides is 1. The number of fused-ring (bicyclic) bond motifs is 1. The maximum absolute atomic E-state index is 12.3. The first-order valence-electron chi connectivity index (χ1n) is 9.08. The summed E-state index contributed by atoms with van der Waals surface area (Å²) in [5.41, 5.74) is 4.80. The van der Waals surface area contributed by atoms with Gasteiger partial charge in [-0.1, -0.05) is 54.1 Å². The summed E-state index contributed by atoms with van der Waals surface area (Å²) in [6.07, 6.45) is 4.62. The maximum Gasteiger partial charge on any atom is 0.220 e. The fraction of sp³-hybridized carbons (Fsp3) is 0.273. The number of nitrogens with one attached hydrogen (secondary N) is 1. The van der Waals surface area contributed by atoms with Crippen LogP contribution >= 0.6 is 0 Å². The van der Waals surface area contributed by atoms with Crippen LogP contribution < -0.4 is 5.32 Å². The topological polar surface area (TPSA) is 55.1 Å². The van der Waals surface area contributed by atoms with Crippen LogP contribution in [0.3, 0.4) is 0 Å². The van der Waals surface area contributed by atoms with Crippen LogP contribution in [0.1, 0.15) is 41.5 Å². The maximum atomic E-state index is 12.3. The van der Waals surface area contributed by atoms with Gasteiger partial charge in [0.2, 0.25) is 5.91 Å². The molecule has 1 aliphatic rings. The third-order valence-electron chi connectivity index (χ3n) is 4.92. The normalized spacial score (nSPS) is 15.7. The SMILES string of the molecule is Cc1ccc(-c2cnc(CCC(=O)NC3CCc4ccccc43)o2)cc1. The van der Waals surface area contributed by atoms with Crippen molar-refractivity contribution in [3.05, 3.63) is 77.3 Å². The molecule has 4 heteroatoms. The molecule has 0 spiro atoms. The first-order chi connectivity index (χ1) is 12.7. The largest absolute Gasteiger partial charge is 0.441 e. The number of hydrogen-bond acceptors (Lipinski definition) is 3. The third-order valence-corrected chi connectivity index (χ3v) is 4.92. The van der Waals surface area contributed by atoms with Crippen LogP contribution in [0.2, 0.25) is 0 Å². The van der Waals surface area contributed by atoms with Crippen LogP contribution in [0.15, 0.2) is 59.1 Å². The zero-order chi connectivity index (χ0) is 17.9. The molecule has 1 aromatic heterocycles. The molecule has 4 nitrogen and oxygen atoms in total. The second-order valence-electron chi connectivity index (χ2n) is 6.84. The van der Waals surface area contributed by atoms with Crippen molar-refractivity contribution in [2.75, 3.05) is 0 Å². The summed E-state index contributed by atoms with van der Waals surface area (Å²) in [6, 6.07) is 16.6. The summed E-state index contributed by atoms with van der Waals surface area (Å²) in [7, 11) is 0. The van der Waals surface area contributed by atoms with E-state index in [4.69, 9.17) is 4.42 Å². The van der Waals surface area contributed by atoms with Gasteiger partial charge < -0.3 is 9.73 Å². The molecule has 0 fully saturated rings. The van der Waals surface area contributed by atoms with Gasteiger partial charge in [-0.2, -0.15) is 0 Å². The van der Waals surface area contributed by atoms with Crippen molar-refractivity contribution < 1.29 is 9.21 Å². The minimum absolute atomic E-state index is 0.0433. The monoisotopic (exact) mass is 346 g/mol. The quantitative estimate of drug-likeness (QED) is 0.745. The van der Waals surface area contributed by atoms with Crippen LogP contribution in [-0.2, 0) is 17.6 Å². The molecule has 0 bridgehead atoms. The summed E-state index contributed by atoms with van der Waals surface area (Å²) >= 11 is 0. The summed E-state index contributed by atoms with van der Waals surface area (Å²) in [5, 5.41) is 3.14. The van der Waals surface area contributed by atoms with Gasteiger partial charge >= 0.3 is 0 Å². The highest BCUT2D eigenvalue weighted by molar-refractivity contribution is 5.76. The van der Waals surface area contributed by atoms with Gasteiger partial charge in [0.15, 0.2) is 11.7 Å². The molecule has 1 unspecified atom stereocenters. The Morgan fingerprint density at radius 3 is 2.85 bits per heavy atom. The number of nitrogens with zero attached hydrogens (tertiary/aromatic N) is 1. The molecule has 1 aliphatic carbocycles. The van der Waals surface area contributed by atoms with E-state index in [1.807, 2.05) is 30.3 Å². The van der Waals surface area contributed by atoms with Crippen LogP contribution in [-0.4, -0.2) is 10.9 Å². The van der Waals surface area contributed by atoms with E-state index in [1.54, 1.807) is 6.20 Å². The van der Waals surface area contributed by atoms with Crippen molar-refractivity contribution in [2.24, 2.45) is 0 Å². The second-order valence-corrected chi connectivity index (χ2v) is 6.84. The van der Waals surface area contributed by atoms with E-state index < -0.39 is 0 Å². The molecule has 1 heterocycles. The number of oxazole rings is 1. The van der Waals surface area contributed by atoms with Crippen LogP contribution in [0, 0.1) is 6.92 Å². The predicted molar refractivity (Wildman–Crippen MR) is 101 cm³/mol. The van der Waals surface area contributed by atoms with Crippen molar-refractivity contribution in [2.45, 2.75) is 38.6 Å². The van der Waals surface area contributed by atoms with Crippen molar-refractivity contribution in [1.29, 1.82) is 0 Å². The van der Waals surface area contributed by atoms with Gasteiger partial charge in [-0.15, -0.1) is 0 Å². The Balaban J connectivity index is 1.33. The molecular weight excluding hydrogens is 324 g/mol. The Morgan fingerprint density at radius 2 is 2.00 bits per heavy atom. The summed E-state index contributed by atoms with van der Waals surface area (Å²) < 4.78 is 5.80. The molecule has 26 heavy (non-hydrogen) atoms. The molecule has 0 saturated heterocycles. The molecule has 0 saturated carbocycles. The highest BCUT2D eigenvalue weighted by atomic mass is 16.4. The molecule has 2 aromatic carbocycles. The lowest BCUT2D eigenvalue weighted by Crippen LogP contribution is -2.27. The first-order valence-corrected chi connectivity index (χ1v) is 9.08. The van der Waals surface area contributed by atoms with E-state index in [0.717, 1.165) is 24.2 Å². The lowest BCUT2D eigenvalue weighted by atomic mass is 10.1. The first kappa shape index (κ1) is 16.6.